The molecule has 0 saturated carbocycles. The van der Waals surface area contributed by atoms with Crippen LogP contribution in [0.2, 0.25) is 0 Å². The van der Waals surface area contributed by atoms with Gasteiger partial charge in [-0.1, -0.05) is 20.8 Å². The molecule has 0 spiro atoms. The third kappa shape index (κ3) is 3.83. The molecule has 0 saturated heterocycles. The molecule has 0 bridgehead atoms. The number of aliphatic imine (C=N–C) groups is 1. The molecule has 0 atom stereocenters. The van der Waals surface area contributed by atoms with Crippen molar-refractivity contribution in [2.24, 2.45) is 10.4 Å². The number of isocyanates is 1. The molecule has 0 unspecified atom stereocenters. The Morgan fingerprint density at radius 2 is 2.12 bits per heavy atom. The summed E-state index contributed by atoms with van der Waals surface area (Å²) in [7, 11) is 0. The fourth-order valence-electron chi connectivity index (χ4n) is 1.02. The Kier molecular flexibility index (Phi) is 3.80. The van der Waals surface area contributed by atoms with Gasteiger partial charge in [-0.15, -0.1) is 0 Å². The highest BCUT2D eigenvalue weighted by Gasteiger charge is 2.13. The summed E-state index contributed by atoms with van der Waals surface area (Å²) in [5.74, 6) is -0.361. The molecule has 1 aromatic carbocycles. The lowest BCUT2D eigenvalue weighted by molar-refractivity contribution is 0.191. The Bertz CT molecular complexity index is 418. The highest BCUT2D eigenvalue weighted by Crippen LogP contribution is 2.24. The second-order valence-electron chi connectivity index (χ2n) is 4.67. The summed E-state index contributed by atoms with van der Waals surface area (Å²) in [6.07, 6.45) is 1.35. The molecule has 0 fully saturated rings. The highest BCUT2D eigenvalue weighted by atomic mass is 19.1. The van der Waals surface area contributed by atoms with E-state index in [0.29, 0.717) is 6.61 Å². The molecule has 86 valence electrons. The number of rotatable bonds is 3. The van der Waals surface area contributed by atoms with Gasteiger partial charge in [0, 0.05) is 6.07 Å². The van der Waals surface area contributed by atoms with Crippen LogP contribution in [-0.2, 0) is 4.79 Å². The van der Waals surface area contributed by atoms with Crippen molar-refractivity contribution >= 4 is 11.8 Å². The first-order chi connectivity index (χ1) is 7.42. The van der Waals surface area contributed by atoms with Gasteiger partial charge in [-0.2, -0.15) is 4.99 Å². The van der Waals surface area contributed by atoms with Crippen molar-refractivity contribution in [3.8, 4) is 5.75 Å². The molecule has 0 aromatic heterocycles. The maximum atomic E-state index is 13.4. The molecule has 1 aromatic rings. The van der Waals surface area contributed by atoms with Gasteiger partial charge in [0.1, 0.15) is 0 Å². The third-order valence-corrected chi connectivity index (χ3v) is 1.75. The van der Waals surface area contributed by atoms with Crippen molar-refractivity contribution in [1.29, 1.82) is 0 Å². The number of ether oxygens (including phenoxy) is 1. The molecular weight excluding hydrogens is 209 g/mol. The summed E-state index contributed by atoms with van der Waals surface area (Å²) >= 11 is 0. The molecule has 16 heavy (non-hydrogen) atoms. The third-order valence-electron chi connectivity index (χ3n) is 1.75. The minimum Gasteiger partial charge on any atom is -0.490 e. The molecule has 0 aliphatic carbocycles. The largest absolute Gasteiger partial charge is 0.490 e. The van der Waals surface area contributed by atoms with E-state index >= 15 is 0 Å². The fraction of sp³-hybridized carbons (Fsp3) is 0.417. The quantitative estimate of drug-likeness (QED) is 0.583. The van der Waals surface area contributed by atoms with Crippen molar-refractivity contribution in [1.82, 2.24) is 0 Å². The van der Waals surface area contributed by atoms with Crippen LogP contribution < -0.4 is 4.74 Å². The molecule has 3 nitrogen and oxygen atoms in total. The summed E-state index contributed by atoms with van der Waals surface area (Å²) in [6, 6.07) is 4.10. The Hall–Kier alpha value is -1.67. The molecule has 1 rings (SSSR count). The number of benzene rings is 1. The van der Waals surface area contributed by atoms with Gasteiger partial charge in [-0.3, -0.25) is 0 Å². The number of nitrogens with zero attached hydrogens (tertiary/aromatic N) is 1. The summed E-state index contributed by atoms with van der Waals surface area (Å²) < 4.78 is 18.8. The van der Waals surface area contributed by atoms with Crippen LogP contribution in [0.15, 0.2) is 23.2 Å². The predicted molar refractivity (Wildman–Crippen MR) is 59.1 cm³/mol. The van der Waals surface area contributed by atoms with Gasteiger partial charge in [-0.05, 0) is 17.5 Å². The summed E-state index contributed by atoms with van der Waals surface area (Å²) in [4.78, 5) is 13.3. The molecule has 0 amide bonds. The van der Waals surface area contributed by atoms with Crippen molar-refractivity contribution in [3.63, 3.8) is 0 Å². The normalized spacial score (nSPS) is 10.8. The predicted octanol–water partition coefficient (Wildman–Crippen LogP) is 3.22. The SMILES string of the molecule is CC(C)(C)COc1ccc(N=C=O)cc1F. The van der Waals surface area contributed by atoms with Crippen LogP contribution in [-0.4, -0.2) is 12.7 Å². The molecule has 0 aliphatic heterocycles. The van der Waals surface area contributed by atoms with Gasteiger partial charge >= 0.3 is 0 Å². The van der Waals surface area contributed by atoms with E-state index < -0.39 is 5.82 Å². The molecule has 4 heteroatoms. The van der Waals surface area contributed by atoms with Crippen LogP contribution in [0.1, 0.15) is 20.8 Å². The first-order valence-corrected chi connectivity index (χ1v) is 4.92. The van der Waals surface area contributed by atoms with Gasteiger partial charge < -0.3 is 4.74 Å². The first-order valence-electron chi connectivity index (χ1n) is 4.92. The van der Waals surface area contributed by atoms with Crippen LogP contribution in [0.25, 0.3) is 0 Å². The zero-order chi connectivity index (χ0) is 12.2. The Labute approximate surface area is 94.0 Å². The Morgan fingerprint density at radius 3 is 2.62 bits per heavy atom. The number of carbonyl (C=O) groups excluding carboxylic acids is 1. The van der Waals surface area contributed by atoms with Crippen LogP contribution in [0, 0.1) is 11.2 Å². The monoisotopic (exact) mass is 223 g/mol. The topological polar surface area (TPSA) is 38.7 Å². The Balaban J connectivity index is 2.79. The highest BCUT2D eigenvalue weighted by molar-refractivity contribution is 5.50. The second-order valence-corrected chi connectivity index (χ2v) is 4.67. The average molecular weight is 223 g/mol. The molecule has 0 heterocycles. The molecule has 0 radical (unpaired) electrons. The summed E-state index contributed by atoms with van der Waals surface area (Å²) in [6.45, 7) is 6.40. The van der Waals surface area contributed by atoms with Crippen molar-refractivity contribution in [2.45, 2.75) is 20.8 Å². The van der Waals surface area contributed by atoms with Crippen LogP contribution >= 0.6 is 0 Å². The fourth-order valence-corrected chi connectivity index (χ4v) is 1.02. The molecular formula is C12H14FNO2. The van der Waals surface area contributed by atoms with Crippen molar-refractivity contribution in [2.75, 3.05) is 6.61 Å². The van der Waals surface area contributed by atoms with E-state index in [2.05, 4.69) is 4.99 Å². The van der Waals surface area contributed by atoms with Gasteiger partial charge in [0.15, 0.2) is 11.6 Å². The minimum atomic E-state index is -0.527. The summed E-state index contributed by atoms with van der Waals surface area (Å²) in [5.41, 5.74) is 0.196. The van der Waals surface area contributed by atoms with Crippen molar-refractivity contribution < 1.29 is 13.9 Å². The zero-order valence-corrected chi connectivity index (χ0v) is 9.58. The first kappa shape index (κ1) is 12.4. The smallest absolute Gasteiger partial charge is 0.240 e. The van der Waals surface area contributed by atoms with Crippen LogP contribution in [0.5, 0.6) is 5.75 Å². The van der Waals surface area contributed by atoms with Gasteiger partial charge in [0.25, 0.3) is 0 Å². The lowest BCUT2D eigenvalue weighted by atomic mass is 9.99. The van der Waals surface area contributed by atoms with Crippen LogP contribution in [0.3, 0.4) is 0 Å². The standard InChI is InChI=1S/C12H14FNO2/c1-12(2,3)7-16-11-5-4-9(14-8-15)6-10(11)13/h4-6H,7H2,1-3H3. The number of hydrogen-bond acceptors (Lipinski definition) is 3. The average Bonchev–Trinajstić information content (AvgIpc) is 2.15. The second kappa shape index (κ2) is 4.90. The van der Waals surface area contributed by atoms with Gasteiger partial charge in [0.05, 0.1) is 12.3 Å². The maximum absolute atomic E-state index is 13.4. The van der Waals surface area contributed by atoms with E-state index in [-0.39, 0.29) is 16.9 Å². The lowest BCUT2D eigenvalue weighted by Crippen LogP contribution is -2.17. The lowest BCUT2D eigenvalue weighted by Gasteiger charge is -2.19. The van der Waals surface area contributed by atoms with E-state index in [9.17, 15) is 9.18 Å². The number of halogens is 1. The Morgan fingerprint density at radius 1 is 1.44 bits per heavy atom. The van der Waals surface area contributed by atoms with E-state index in [4.69, 9.17) is 4.74 Å². The van der Waals surface area contributed by atoms with Crippen LogP contribution in [0.4, 0.5) is 10.1 Å². The van der Waals surface area contributed by atoms with Gasteiger partial charge in [-0.25, -0.2) is 9.18 Å². The van der Waals surface area contributed by atoms with E-state index in [1.807, 2.05) is 20.8 Å². The zero-order valence-electron chi connectivity index (χ0n) is 9.58. The minimum absolute atomic E-state index is 0.0357. The van der Waals surface area contributed by atoms with Crippen molar-refractivity contribution in [3.05, 3.63) is 24.0 Å². The molecule has 0 N–H and O–H groups in total. The summed E-state index contributed by atoms with van der Waals surface area (Å²) in [5, 5.41) is 0. The van der Waals surface area contributed by atoms with Gasteiger partial charge in [0.2, 0.25) is 6.08 Å². The molecule has 0 aliphatic rings. The maximum Gasteiger partial charge on any atom is 0.240 e. The number of hydrogen-bond donors (Lipinski definition) is 0. The van der Waals surface area contributed by atoms with E-state index in [0.717, 1.165) is 6.07 Å². The van der Waals surface area contributed by atoms with E-state index in [1.54, 1.807) is 0 Å². The van der Waals surface area contributed by atoms with E-state index in [1.165, 1.54) is 18.2 Å².